The normalized spacial score (nSPS) is 39.4. The monoisotopic (exact) mass is 242 g/mol. The van der Waals surface area contributed by atoms with Gasteiger partial charge in [0.1, 0.15) is 5.60 Å². The molecule has 17 heavy (non-hydrogen) atoms. The largest absolute Gasteiger partial charge is 0.386 e. The van der Waals surface area contributed by atoms with Crippen LogP contribution in [-0.2, 0) is 4.74 Å². The molecule has 4 nitrogen and oxygen atoms in total. The van der Waals surface area contributed by atoms with Crippen LogP contribution >= 0.6 is 0 Å². The van der Waals surface area contributed by atoms with Crippen LogP contribution in [0.25, 0.3) is 0 Å². The van der Waals surface area contributed by atoms with E-state index in [2.05, 4.69) is 24.1 Å². The zero-order chi connectivity index (χ0) is 12.5. The fourth-order valence-corrected chi connectivity index (χ4v) is 2.75. The van der Waals surface area contributed by atoms with E-state index >= 15 is 0 Å². The van der Waals surface area contributed by atoms with E-state index in [0.717, 1.165) is 13.0 Å². The fraction of sp³-hybridized carbons (Fsp3) is 1.00. The Morgan fingerprint density at radius 2 is 2.29 bits per heavy atom. The Bertz CT molecular complexity index is 260. The van der Waals surface area contributed by atoms with Gasteiger partial charge in [0.2, 0.25) is 0 Å². The second kappa shape index (κ2) is 5.22. The van der Waals surface area contributed by atoms with Crippen molar-refractivity contribution < 1.29 is 9.84 Å². The molecule has 0 aromatic heterocycles. The Morgan fingerprint density at radius 1 is 1.53 bits per heavy atom. The smallest absolute Gasteiger partial charge is 0.105 e. The maximum absolute atomic E-state index is 10.4. The van der Waals surface area contributed by atoms with Crippen molar-refractivity contribution in [3.8, 4) is 0 Å². The topological polar surface area (TPSA) is 44.7 Å². The third kappa shape index (κ3) is 2.99. The summed E-state index contributed by atoms with van der Waals surface area (Å²) in [4.78, 5) is 2.48. The van der Waals surface area contributed by atoms with Crippen LogP contribution in [0.2, 0.25) is 0 Å². The van der Waals surface area contributed by atoms with Gasteiger partial charge in [-0.1, -0.05) is 0 Å². The highest BCUT2D eigenvalue weighted by Crippen LogP contribution is 2.25. The van der Waals surface area contributed by atoms with E-state index in [9.17, 15) is 5.11 Å². The van der Waals surface area contributed by atoms with E-state index in [4.69, 9.17) is 4.74 Å². The van der Waals surface area contributed by atoms with Gasteiger partial charge in [0.15, 0.2) is 0 Å². The Kier molecular flexibility index (Phi) is 4.08. The lowest BCUT2D eigenvalue weighted by atomic mass is 9.96. The van der Waals surface area contributed by atoms with Crippen LogP contribution < -0.4 is 5.32 Å². The molecule has 0 saturated carbocycles. The molecule has 0 aliphatic carbocycles. The number of hydrogen-bond donors (Lipinski definition) is 2. The van der Waals surface area contributed by atoms with Crippen molar-refractivity contribution in [2.24, 2.45) is 0 Å². The molecule has 100 valence electrons. The molecule has 2 saturated heterocycles. The van der Waals surface area contributed by atoms with E-state index in [0.29, 0.717) is 25.2 Å². The van der Waals surface area contributed by atoms with Crippen LogP contribution in [0.4, 0.5) is 0 Å². The van der Waals surface area contributed by atoms with Gasteiger partial charge in [0.05, 0.1) is 6.10 Å². The molecule has 2 rings (SSSR count). The minimum absolute atomic E-state index is 0.0439. The zero-order valence-corrected chi connectivity index (χ0v) is 11.3. The fourth-order valence-electron chi connectivity index (χ4n) is 2.75. The van der Waals surface area contributed by atoms with Crippen molar-refractivity contribution >= 4 is 0 Å². The van der Waals surface area contributed by atoms with E-state index < -0.39 is 5.60 Å². The molecule has 2 N–H and O–H groups in total. The number of rotatable bonds is 4. The second-order valence-electron chi connectivity index (χ2n) is 5.82. The summed E-state index contributed by atoms with van der Waals surface area (Å²) in [6.07, 6.45) is 1.89. The summed E-state index contributed by atoms with van der Waals surface area (Å²) in [6.45, 7) is 10.0. The SMILES string of the molecule is CC(C)N1CCC(NCC2(O)CCOC2C)C1. The van der Waals surface area contributed by atoms with Gasteiger partial charge >= 0.3 is 0 Å². The Morgan fingerprint density at radius 3 is 2.82 bits per heavy atom. The predicted molar refractivity (Wildman–Crippen MR) is 68.1 cm³/mol. The Hall–Kier alpha value is -0.160. The molecule has 0 bridgehead atoms. The highest BCUT2D eigenvalue weighted by atomic mass is 16.5. The standard InChI is InChI=1S/C13H26N2O2/c1-10(2)15-6-4-12(8-15)14-9-13(16)5-7-17-11(13)3/h10-12,14,16H,4-9H2,1-3H3. The first-order valence-corrected chi connectivity index (χ1v) is 6.83. The average Bonchev–Trinajstić information content (AvgIpc) is 2.85. The predicted octanol–water partition coefficient (Wildman–Crippen LogP) is 0.599. The van der Waals surface area contributed by atoms with Gasteiger partial charge in [-0.2, -0.15) is 0 Å². The summed E-state index contributed by atoms with van der Waals surface area (Å²) in [5.74, 6) is 0. The molecule has 2 heterocycles. The van der Waals surface area contributed by atoms with Gasteiger partial charge < -0.3 is 15.2 Å². The molecule has 2 aliphatic heterocycles. The molecule has 2 fully saturated rings. The van der Waals surface area contributed by atoms with Crippen molar-refractivity contribution in [1.82, 2.24) is 10.2 Å². The van der Waals surface area contributed by atoms with Gasteiger partial charge in [-0.15, -0.1) is 0 Å². The van der Waals surface area contributed by atoms with E-state index in [1.54, 1.807) is 0 Å². The minimum atomic E-state index is -0.661. The number of likely N-dealkylation sites (tertiary alicyclic amines) is 1. The van der Waals surface area contributed by atoms with Crippen LogP contribution in [-0.4, -0.2) is 60.0 Å². The molecular formula is C13H26N2O2. The molecule has 0 aromatic carbocycles. The van der Waals surface area contributed by atoms with Crippen molar-refractivity contribution in [1.29, 1.82) is 0 Å². The minimum Gasteiger partial charge on any atom is -0.386 e. The first-order chi connectivity index (χ1) is 8.01. The lowest BCUT2D eigenvalue weighted by molar-refractivity contribution is -0.0275. The van der Waals surface area contributed by atoms with Crippen molar-refractivity contribution in [2.45, 2.75) is 57.4 Å². The maximum atomic E-state index is 10.4. The molecule has 3 unspecified atom stereocenters. The van der Waals surface area contributed by atoms with E-state index in [-0.39, 0.29) is 6.10 Å². The first kappa shape index (κ1) is 13.3. The lowest BCUT2D eigenvalue weighted by Crippen LogP contribution is -2.49. The van der Waals surface area contributed by atoms with Gasteiger partial charge in [-0.3, -0.25) is 4.90 Å². The molecule has 0 aromatic rings. The third-order valence-corrected chi connectivity index (χ3v) is 4.31. The second-order valence-corrected chi connectivity index (χ2v) is 5.82. The molecule has 0 radical (unpaired) electrons. The first-order valence-electron chi connectivity index (χ1n) is 6.83. The Labute approximate surface area is 104 Å². The highest BCUT2D eigenvalue weighted by Gasteiger charge is 2.40. The van der Waals surface area contributed by atoms with Gasteiger partial charge in [-0.25, -0.2) is 0 Å². The summed E-state index contributed by atoms with van der Waals surface area (Å²) < 4.78 is 5.44. The van der Waals surface area contributed by atoms with Crippen LogP contribution in [0.5, 0.6) is 0 Å². The average molecular weight is 242 g/mol. The quantitative estimate of drug-likeness (QED) is 0.758. The van der Waals surface area contributed by atoms with E-state index in [1.807, 2.05) is 6.92 Å². The van der Waals surface area contributed by atoms with Crippen LogP contribution in [0.3, 0.4) is 0 Å². The van der Waals surface area contributed by atoms with Crippen LogP contribution in [0, 0.1) is 0 Å². The highest BCUT2D eigenvalue weighted by molar-refractivity contribution is 4.94. The zero-order valence-electron chi connectivity index (χ0n) is 11.3. The summed E-state index contributed by atoms with van der Waals surface area (Å²) in [5.41, 5.74) is -0.661. The Balaban J connectivity index is 1.76. The molecule has 2 aliphatic rings. The van der Waals surface area contributed by atoms with Crippen LogP contribution in [0.1, 0.15) is 33.6 Å². The third-order valence-electron chi connectivity index (χ3n) is 4.31. The van der Waals surface area contributed by atoms with Gasteiger partial charge in [-0.05, 0) is 33.7 Å². The number of aliphatic hydroxyl groups is 1. The molecule has 3 atom stereocenters. The number of nitrogens with one attached hydrogen (secondary N) is 1. The summed E-state index contributed by atoms with van der Waals surface area (Å²) in [7, 11) is 0. The molecule has 0 spiro atoms. The number of ether oxygens (including phenoxy) is 1. The van der Waals surface area contributed by atoms with Crippen molar-refractivity contribution in [2.75, 3.05) is 26.2 Å². The summed E-state index contributed by atoms with van der Waals surface area (Å²) >= 11 is 0. The maximum Gasteiger partial charge on any atom is 0.105 e. The molecular weight excluding hydrogens is 216 g/mol. The lowest BCUT2D eigenvalue weighted by Gasteiger charge is -2.28. The number of nitrogens with zero attached hydrogens (tertiary/aromatic N) is 1. The summed E-state index contributed by atoms with van der Waals surface area (Å²) in [6, 6.07) is 1.15. The number of hydrogen-bond acceptors (Lipinski definition) is 4. The van der Waals surface area contributed by atoms with Crippen molar-refractivity contribution in [3.63, 3.8) is 0 Å². The summed E-state index contributed by atoms with van der Waals surface area (Å²) in [5, 5.41) is 13.9. The van der Waals surface area contributed by atoms with E-state index in [1.165, 1.54) is 13.0 Å². The van der Waals surface area contributed by atoms with Crippen molar-refractivity contribution in [3.05, 3.63) is 0 Å². The molecule has 4 heteroatoms. The van der Waals surface area contributed by atoms with Crippen LogP contribution in [0.15, 0.2) is 0 Å². The van der Waals surface area contributed by atoms with Gasteiger partial charge in [0.25, 0.3) is 0 Å². The molecule has 0 amide bonds. The van der Waals surface area contributed by atoms with Gasteiger partial charge in [0, 0.05) is 38.2 Å².